The maximum atomic E-state index is 12.2. The van der Waals surface area contributed by atoms with Crippen LogP contribution in [0, 0.1) is 11.8 Å². The molecule has 2 aliphatic heterocycles. The number of amides is 1. The van der Waals surface area contributed by atoms with Crippen LogP contribution in [-0.2, 0) is 14.3 Å². The first-order chi connectivity index (χ1) is 10.6. The van der Waals surface area contributed by atoms with Gasteiger partial charge in [0.1, 0.15) is 5.76 Å². The second kappa shape index (κ2) is 4.56. The molecular weight excluding hydrogens is 282 g/mol. The molecule has 2 atom stereocenters. The maximum Gasteiger partial charge on any atom is 0.319 e. The average Bonchev–Trinajstić information content (AvgIpc) is 3.17. The summed E-state index contributed by atoms with van der Waals surface area (Å²) in [6.07, 6.45) is 3.52. The highest BCUT2D eigenvalue weighted by Gasteiger charge is 2.42. The number of benzene rings is 1. The molecule has 1 amide bonds. The number of carbonyl (C=O) groups excluding carboxylic acids is 2. The van der Waals surface area contributed by atoms with Crippen LogP contribution in [0.15, 0.2) is 41.6 Å². The number of H-pyrrole nitrogens is 1. The highest BCUT2D eigenvalue weighted by molar-refractivity contribution is 6.11. The van der Waals surface area contributed by atoms with Gasteiger partial charge in [-0.1, -0.05) is 18.2 Å². The quantitative estimate of drug-likeness (QED) is 0.829. The Labute approximate surface area is 125 Å². The molecule has 0 saturated carbocycles. The van der Waals surface area contributed by atoms with Gasteiger partial charge in [-0.15, -0.1) is 0 Å². The van der Waals surface area contributed by atoms with E-state index < -0.39 is 17.8 Å². The van der Waals surface area contributed by atoms with Gasteiger partial charge in [0.2, 0.25) is 5.91 Å². The summed E-state index contributed by atoms with van der Waals surface area (Å²) < 4.78 is 5.40. The van der Waals surface area contributed by atoms with Crippen molar-refractivity contribution in [3.8, 4) is 0 Å². The molecule has 0 radical (unpaired) electrons. The summed E-state index contributed by atoms with van der Waals surface area (Å²) in [7, 11) is 0. The molecule has 4 rings (SSSR count). The number of cyclic esters (lactones) is 1. The van der Waals surface area contributed by atoms with Crippen LogP contribution in [0.1, 0.15) is 12.5 Å². The number of hydrogen-bond donors (Lipinski definition) is 2. The molecular formula is C16H13N3O3. The number of aromatic amines is 1. The van der Waals surface area contributed by atoms with E-state index in [0.717, 1.165) is 16.5 Å². The van der Waals surface area contributed by atoms with E-state index in [2.05, 4.69) is 15.5 Å². The Balaban J connectivity index is 1.75. The van der Waals surface area contributed by atoms with Crippen LogP contribution < -0.4 is 5.43 Å². The molecule has 1 aromatic carbocycles. The van der Waals surface area contributed by atoms with Gasteiger partial charge >= 0.3 is 5.97 Å². The molecule has 0 fully saturated rings. The topological polar surface area (TPSA) is 83.6 Å². The molecule has 2 aliphatic rings. The van der Waals surface area contributed by atoms with E-state index >= 15 is 0 Å². The molecule has 2 N–H and O–H groups in total. The number of nitrogens with one attached hydrogen (secondary N) is 2. The molecule has 3 heterocycles. The van der Waals surface area contributed by atoms with Crippen molar-refractivity contribution in [2.45, 2.75) is 6.92 Å². The summed E-state index contributed by atoms with van der Waals surface area (Å²) >= 11 is 0. The molecule has 2 unspecified atom stereocenters. The first-order valence-electron chi connectivity index (χ1n) is 6.99. The van der Waals surface area contributed by atoms with Crippen LogP contribution in [0.2, 0.25) is 0 Å². The molecule has 0 spiro atoms. The number of nitrogens with zero attached hydrogens (tertiary/aromatic N) is 1. The van der Waals surface area contributed by atoms with Gasteiger partial charge < -0.3 is 9.72 Å². The highest BCUT2D eigenvalue weighted by atomic mass is 16.5. The lowest BCUT2D eigenvalue weighted by Gasteiger charge is -2.10. The predicted molar refractivity (Wildman–Crippen MR) is 80.6 cm³/mol. The lowest BCUT2D eigenvalue weighted by molar-refractivity contribution is -0.141. The Hall–Kier alpha value is -2.89. The number of aromatic nitrogens is 1. The molecule has 110 valence electrons. The lowest BCUT2D eigenvalue weighted by atomic mass is 9.89. The normalized spacial score (nSPS) is 24.2. The van der Waals surface area contributed by atoms with Gasteiger partial charge in [0.05, 0.1) is 11.8 Å². The monoisotopic (exact) mass is 295 g/mol. The minimum Gasteiger partial charge on any atom is -0.426 e. The third-order valence-corrected chi connectivity index (χ3v) is 4.10. The number of rotatable bonds is 2. The van der Waals surface area contributed by atoms with Crippen molar-refractivity contribution in [3.63, 3.8) is 0 Å². The zero-order valence-electron chi connectivity index (χ0n) is 11.8. The van der Waals surface area contributed by atoms with Gasteiger partial charge in [0.25, 0.3) is 0 Å². The summed E-state index contributed by atoms with van der Waals surface area (Å²) in [5.74, 6) is -1.42. The largest absolute Gasteiger partial charge is 0.426 e. The second-order valence-corrected chi connectivity index (χ2v) is 5.43. The number of para-hydroxylation sites is 1. The highest BCUT2D eigenvalue weighted by Crippen LogP contribution is 2.35. The van der Waals surface area contributed by atoms with E-state index in [1.807, 2.05) is 30.5 Å². The summed E-state index contributed by atoms with van der Waals surface area (Å²) in [5.41, 5.74) is 4.79. The SMILES string of the molecule is CC1=NNC(=O)C1C1C=C(c2c[nH]c3ccccc23)OC1=O. The Bertz CT molecular complexity index is 862. The molecule has 1 aromatic heterocycles. The number of ether oxygens (including phenoxy) is 1. The van der Waals surface area contributed by atoms with E-state index in [4.69, 9.17) is 4.74 Å². The summed E-state index contributed by atoms with van der Waals surface area (Å²) in [6.45, 7) is 1.73. The zero-order chi connectivity index (χ0) is 15.3. The van der Waals surface area contributed by atoms with Gasteiger partial charge in [-0.3, -0.25) is 9.59 Å². The van der Waals surface area contributed by atoms with E-state index in [0.29, 0.717) is 11.5 Å². The van der Waals surface area contributed by atoms with Gasteiger partial charge in [0, 0.05) is 28.4 Å². The number of fused-ring (bicyclic) bond motifs is 1. The average molecular weight is 295 g/mol. The van der Waals surface area contributed by atoms with Crippen molar-refractivity contribution in [2.75, 3.05) is 0 Å². The molecule has 0 aliphatic carbocycles. The molecule has 2 aromatic rings. The van der Waals surface area contributed by atoms with Gasteiger partial charge in [0.15, 0.2) is 0 Å². The fourth-order valence-corrected chi connectivity index (χ4v) is 2.99. The van der Waals surface area contributed by atoms with Crippen molar-refractivity contribution in [2.24, 2.45) is 16.9 Å². The standard InChI is InChI=1S/C16H13N3O3/c1-8-14(15(20)19-18-8)10-6-13(22-16(10)21)11-7-17-12-5-3-2-4-9(11)12/h2-7,10,14,17H,1H3,(H,19,20). The van der Waals surface area contributed by atoms with Crippen LogP contribution in [0.5, 0.6) is 0 Å². The fourth-order valence-electron chi connectivity index (χ4n) is 2.99. The Kier molecular flexibility index (Phi) is 2.66. The van der Waals surface area contributed by atoms with Crippen LogP contribution in [0.3, 0.4) is 0 Å². The van der Waals surface area contributed by atoms with Crippen LogP contribution >= 0.6 is 0 Å². The van der Waals surface area contributed by atoms with Crippen molar-refractivity contribution in [1.29, 1.82) is 0 Å². The number of hydrazone groups is 1. The number of hydrogen-bond acceptors (Lipinski definition) is 4. The minimum atomic E-state index is -0.630. The van der Waals surface area contributed by atoms with Crippen molar-refractivity contribution in [1.82, 2.24) is 10.4 Å². The Morgan fingerprint density at radius 1 is 1.23 bits per heavy atom. The van der Waals surface area contributed by atoms with Gasteiger partial charge in [-0.25, -0.2) is 5.43 Å². The Morgan fingerprint density at radius 3 is 2.82 bits per heavy atom. The lowest BCUT2D eigenvalue weighted by Crippen LogP contribution is -2.31. The molecule has 22 heavy (non-hydrogen) atoms. The molecule has 6 nitrogen and oxygen atoms in total. The smallest absolute Gasteiger partial charge is 0.319 e. The first kappa shape index (κ1) is 12.8. The number of esters is 1. The number of carbonyl (C=O) groups is 2. The summed E-state index contributed by atoms with van der Waals surface area (Å²) in [5, 5.41) is 4.86. The van der Waals surface area contributed by atoms with E-state index in [1.165, 1.54) is 0 Å². The minimum absolute atomic E-state index is 0.268. The van der Waals surface area contributed by atoms with Crippen LogP contribution in [0.4, 0.5) is 0 Å². The zero-order valence-corrected chi connectivity index (χ0v) is 11.8. The van der Waals surface area contributed by atoms with E-state index in [1.54, 1.807) is 13.0 Å². The first-order valence-corrected chi connectivity index (χ1v) is 6.99. The van der Waals surface area contributed by atoms with Gasteiger partial charge in [-0.05, 0) is 19.1 Å². The summed E-state index contributed by atoms with van der Waals surface area (Å²) in [4.78, 5) is 27.2. The van der Waals surface area contributed by atoms with Gasteiger partial charge in [-0.2, -0.15) is 5.10 Å². The molecule has 6 heteroatoms. The van der Waals surface area contributed by atoms with Crippen molar-refractivity contribution in [3.05, 3.63) is 42.1 Å². The van der Waals surface area contributed by atoms with E-state index in [-0.39, 0.29) is 5.91 Å². The second-order valence-electron chi connectivity index (χ2n) is 5.43. The van der Waals surface area contributed by atoms with Crippen LogP contribution in [-0.4, -0.2) is 22.6 Å². The fraction of sp³-hybridized carbons (Fsp3) is 0.188. The van der Waals surface area contributed by atoms with Crippen molar-refractivity contribution < 1.29 is 14.3 Å². The maximum absolute atomic E-state index is 12.2. The molecule has 0 saturated heterocycles. The third-order valence-electron chi connectivity index (χ3n) is 4.10. The summed E-state index contributed by atoms with van der Waals surface area (Å²) in [6, 6.07) is 7.77. The third kappa shape index (κ3) is 1.77. The Morgan fingerprint density at radius 2 is 2.05 bits per heavy atom. The predicted octanol–water partition coefficient (Wildman–Crippen LogP) is 1.80. The molecule has 0 bridgehead atoms. The van der Waals surface area contributed by atoms with E-state index in [9.17, 15) is 9.59 Å². The van der Waals surface area contributed by atoms with Crippen molar-refractivity contribution >= 4 is 34.3 Å². The van der Waals surface area contributed by atoms with Crippen LogP contribution in [0.25, 0.3) is 16.7 Å².